The number of rotatable bonds is 3. The predicted molar refractivity (Wildman–Crippen MR) is 105 cm³/mol. The fraction of sp³-hybridized carbons (Fsp3) is 0.286. The minimum atomic E-state index is -4.78. The summed E-state index contributed by atoms with van der Waals surface area (Å²) in [5.41, 5.74) is 1.37. The topological polar surface area (TPSA) is 64.4 Å². The van der Waals surface area contributed by atoms with Gasteiger partial charge in [-0.3, -0.25) is 14.2 Å². The molecule has 0 radical (unpaired) electrons. The van der Waals surface area contributed by atoms with E-state index >= 15 is 0 Å². The van der Waals surface area contributed by atoms with Crippen LogP contribution in [-0.2, 0) is 17.8 Å². The normalized spacial score (nSPS) is 13.9. The number of ether oxygens (including phenoxy) is 1. The second-order valence-corrected chi connectivity index (χ2v) is 7.05. The molecule has 0 spiro atoms. The molecule has 2 aromatic carbocycles. The van der Waals surface area contributed by atoms with Gasteiger partial charge in [0.2, 0.25) is 5.91 Å². The highest BCUT2D eigenvalue weighted by Gasteiger charge is 2.32. The van der Waals surface area contributed by atoms with Crippen LogP contribution in [0.3, 0.4) is 0 Å². The molecule has 0 fully saturated rings. The number of fused-ring (bicyclic) bond motifs is 2. The zero-order valence-corrected chi connectivity index (χ0v) is 16.1. The highest BCUT2D eigenvalue weighted by Crippen LogP contribution is 2.33. The molecule has 0 atom stereocenters. The van der Waals surface area contributed by atoms with E-state index in [1.807, 2.05) is 0 Å². The van der Waals surface area contributed by atoms with Crippen LogP contribution in [0.1, 0.15) is 17.8 Å². The zero-order valence-electron chi connectivity index (χ0n) is 16.1. The van der Waals surface area contributed by atoms with Gasteiger partial charge >= 0.3 is 6.36 Å². The molecule has 1 aliphatic heterocycles. The number of halogens is 3. The van der Waals surface area contributed by atoms with Crippen molar-refractivity contribution < 1.29 is 22.7 Å². The van der Waals surface area contributed by atoms with E-state index in [2.05, 4.69) is 9.72 Å². The number of alkyl halides is 3. The first-order valence-corrected chi connectivity index (χ1v) is 9.38. The molecule has 0 saturated heterocycles. The minimum Gasteiger partial charge on any atom is -0.406 e. The number of hydrogen-bond donors (Lipinski definition) is 0. The van der Waals surface area contributed by atoms with Crippen LogP contribution in [0.25, 0.3) is 10.9 Å². The largest absolute Gasteiger partial charge is 0.573 e. The molecule has 3 aromatic rings. The summed E-state index contributed by atoms with van der Waals surface area (Å²) in [5, 5.41) is 0.420. The number of aryl methyl sites for hydroxylation is 2. The lowest BCUT2D eigenvalue weighted by Crippen LogP contribution is -2.40. The van der Waals surface area contributed by atoms with Crippen LogP contribution in [0, 0.1) is 6.92 Å². The van der Waals surface area contributed by atoms with Gasteiger partial charge in [-0.05, 0) is 55.7 Å². The van der Waals surface area contributed by atoms with Gasteiger partial charge in [-0.25, -0.2) is 4.98 Å². The molecule has 6 nitrogen and oxygen atoms in total. The van der Waals surface area contributed by atoms with Crippen molar-refractivity contribution in [3.05, 3.63) is 64.2 Å². The summed E-state index contributed by atoms with van der Waals surface area (Å²) in [5.74, 6) is -0.234. The van der Waals surface area contributed by atoms with E-state index in [9.17, 15) is 22.8 Å². The van der Waals surface area contributed by atoms with E-state index in [0.29, 0.717) is 47.4 Å². The summed E-state index contributed by atoms with van der Waals surface area (Å²) < 4.78 is 42.7. The third-order valence-corrected chi connectivity index (χ3v) is 5.05. The van der Waals surface area contributed by atoms with E-state index in [0.717, 1.165) is 0 Å². The van der Waals surface area contributed by atoms with E-state index < -0.39 is 6.36 Å². The van der Waals surface area contributed by atoms with Crippen LogP contribution in [0.4, 0.5) is 18.9 Å². The quantitative estimate of drug-likeness (QED) is 0.654. The van der Waals surface area contributed by atoms with Gasteiger partial charge in [-0.15, -0.1) is 13.2 Å². The van der Waals surface area contributed by atoms with E-state index in [1.54, 1.807) is 31.2 Å². The first-order chi connectivity index (χ1) is 14.2. The Balaban J connectivity index is 1.63. The molecule has 0 bridgehead atoms. The fourth-order valence-electron chi connectivity index (χ4n) is 3.72. The zero-order chi connectivity index (χ0) is 21.5. The summed E-state index contributed by atoms with van der Waals surface area (Å²) in [7, 11) is 0. The van der Waals surface area contributed by atoms with Gasteiger partial charge in [0, 0.05) is 12.2 Å². The molecule has 9 heteroatoms. The predicted octanol–water partition coefficient (Wildman–Crippen LogP) is 3.58. The van der Waals surface area contributed by atoms with Crippen LogP contribution < -0.4 is 15.2 Å². The Hall–Kier alpha value is -3.36. The SMILES string of the molecule is Cc1nc2ccccc2c(=O)n1CC(=O)N1CCCc2cc(OC(F)(F)F)ccc21. The first-order valence-electron chi connectivity index (χ1n) is 9.38. The molecular weight excluding hydrogens is 399 g/mol. The summed E-state index contributed by atoms with van der Waals surface area (Å²) in [4.78, 5) is 31.7. The molecule has 2 heterocycles. The molecule has 30 heavy (non-hydrogen) atoms. The van der Waals surface area contributed by atoms with Gasteiger partial charge in [0.05, 0.1) is 10.9 Å². The van der Waals surface area contributed by atoms with Crippen molar-refractivity contribution in [2.75, 3.05) is 11.4 Å². The van der Waals surface area contributed by atoms with Gasteiger partial charge < -0.3 is 9.64 Å². The van der Waals surface area contributed by atoms with Gasteiger partial charge in [0.1, 0.15) is 18.1 Å². The van der Waals surface area contributed by atoms with Crippen molar-refractivity contribution in [1.29, 1.82) is 0 Å². The van der Waals surface area contributed by atoms with Gasteiger partial charge in [0.25, 0.3) is 5.56 Å². The molecule has 0 N–H and O–H groups in total. The van der Waals surface area contributed by atoms with Crippen LogP contribution >= 0.6 is 0 Å². The Morgan fingerprint density at radius 3 is 2.73 bits per heavy atom. The monoisotopic (exact) mass is 417 g/mol. The van der Waals surface area contributed by atoms with Gasteiger partial charge in [0.15, 0.2) is 0 Å². The minimum absolute atomic E-state index is 0.206. The fourth-order valence-corrected chi connectivity index (χ4v) is 3.72. The lowest BCUT2D eigenvalue weighted by molar-refractivity contribution is -0.274. The smallest absolute Gasteiger partial charge is 0.406 e. The molecule has 0 aliphatic carbocycles. The number of carbonyl (C=O) groups is 1. The van der Waals surface area contributed by atoms with Gasteiger partial charge in [-0.1, -0.05) is 12.1 Å². The highest BCUT2D eigenvalue weighted by atomic mass is 19.4. The lowest BCUT2D eigenvalue weighted by Gasteiger charge is -2.30. The molecule has 156 valence electrons. The summed E-state index contributed by atoms with van der Waals surface area (Å²) in [6.07, 6.45) is -3.65. The molecule has 0 unspecified atom stereocenters. The average molecular weight is 417 g/mol. The Morgan fingerprint density at radius 1 is 1.20 bits per heavy atom. The van der Waals surface area contributed by atoms with Crippen LogP contribution in [0.2, 0.25) is 0 Å². The number of anilines is 1. The third kappa shape index (κ3) is 3.87. The van der Waals surface area contributed by atoms with Gasteiger partial charge in [-0.2, -0.15) is 0 Å². The molecule has 4 rings (SSSR count). The number of nitrogens with zero attached hydrogens (tertiary/aromatic N) is 3. The van der Waals surface area contributed by atoms with Crippen LogP contribution in [0.15, 0.2) is 47.3 Å². The Morgan fingerprint density at radius 2 is 1.97 bits per heavy atom. The number of amides is 1. The number of para-hydroxylation sites is 1. The van der Waals surface area contributed by atoms with Crippen molar-refractivity contribution >= 4 is 22.5 Å². The van der Waals surface area contributed by atoms with Crippen molar-refractivity contribution in [3.8, 4) is 5.75 Å². The second-order valence-electron chi connectivity index (χ2n) is 7.05. The molecule has 1 amide bonds. The third-order valence-electron chi connectivity index (χ3n) is 5.05. The van der Waals surface area contributed by atoms with Crippen LogP contribution in [0.5, 0.6) is 5.75 Å². The number of carbonyl (C=O) groups excluding carboxylic acids is 1. The van der Waals surface area contributed by atoms with Crippen molar-refractivity contribution in [2.24, 2.45) is 0 Å². The van der Waals surface area contributed by atoms with Crippen molar-refractivity contribution in [1.82, 2.24) is 9.55 Å². The van der Waals surface area contributed by atoms with E-state index in [4.69, 9.17) is 0 Å². The first kappa shape index (κ1) is 19.9. The maximum atomic E-state index is 13.0. The van der Waals surface area contributed by atoms with Crippen molar-refractivity contribution in [3.63, 3.8) is 0 Å². The summed E-state index contributed by atoms with van der Waals surface area (Å²) in [6, 6.07) is 10.8. The number of hydrogen-bond acceptors (Lipinski definition) is 4. The maximum Gasteiger partial charge on any atom is 0.573 e. The Kier molecular flexibility index (Phi) is 4.97. The number of benzene rings is 2. The van der Waals surface area contributed by atoms with E-state index in [1.165, 1.54) is 27.7 Å². The van der Waals surface area contributed by atoms with E-state index in [-0.39, 0.29) is 23.8 Å². The number of aromatic nitrogens is 2. The summed E-state index contributed by atoms with van der Waals surface area (Å²) in [6.45, 7) is 1.87. The Labute approximate surface area is 169 Å². The van der Waals surface area contributed by atoms with Crippen LogP contribution in [-0.4, -0.2) is 28.4 Å². The Bertz CT molecular complexity index is 1190. The maximum absolute atomic E-state index is 13.0. The van der Waals surface area contributed by atoms with Crippen molar-refractivity contribution in [2.45, 2.75) is 32.7 Å². The molecular formula is C21H18F3N3O3. The lowest BCUT2D eigenvalue weighted by atomic mass is 10.0. The second kappa shape index (κ2) is 7.47. The molecule has 1 aliphatic rings. The highest BCUT2D eigenvalue weighted by molar-refractivity contribution is 5.94. The summed E-state index contributed by atoms with van der Waals surface area (Å²) >= 11 is 0. The average Bonchev–Trinajstić information content (AvgIpc) is 2.69. The molecule has 0 saturated carbocycles. The molecule has 1 aromatic heterocycles. The standard InChI is InChI=1S/C21H18F3N3O3/c1-13-25-17-7-3-2-6-16(17)20(29)27(13)12-19(28)26-10-4-5-14-11-15(8-9-18(14)26)30-21(22,23)24/h2-3,6-9,11H,4-5,10,12H2,1H3.